The van der Waals surface area contributed by atoms with Crippen LogP contribution in [0.15, 0.2) is 53.4 Å². The Morgan fingerprint density at radius 3 is 2.35 bits per heavy atom. The van der Waals surface area contributed by atoms with E-state index in [0.29, 0.717) is 4.90 Å². The molecule has 0 saturated heterocycles. The van der Waals surface area contributed by atoms with Crippen molar-refractivity contribution in [1.29, 1.82) is 0 Å². The van der Waals surface area contributed by atoms with Crippen LogP contribution >= 0.6 is 11.8 Å². The van der Waals surface area contributed by atoms with Gasteiger partial charge in [-0.3, -0.25) is 0 Å². The second kappa shape index (κ2) is 7.46. The molecule has 0 aromatic heterocycles. The minimum Gasteiger partial charge on any atom is -0.327 e. The summed E-state index contributed by atoms with van der Waals surface area (Å²) in [7, 11) is 0. The Balaban J connectivity index is 1.86. The van der Waals surface area contributed by atoms with Crippen LogP contribution in [0.5, 0.6) is 0 Å². The van der Waals surface area contributed by atoms with Crippen LogP contribution in [0.2, 0.25) is 0 Å². The quantitative estimate of drug-likeness (QED) is 0.812. The highest BCUT2D eigenvalue weighted by Crippen LogP contribution is 2.22. The van der Waals surface area contributed by atoms with Gasteiger partial charge in [0.25, 0.3) is 0 Å². The van der Waals surface area contributed by atoms with Crippen LogP contribution in [0.4, 0.5) is 4.39 Å². The number of rotatable bonds is 6. The lowest BCUT2D eigenvalue weighted by Crippen LogP contribution is -2.25. The highest BCUT2D eigenvalue weighted by atomic mass is 32.2. The minimum atomic E-state index is -0.169. The Bertz CT molecular complexity index is 539. The molecule has 0 saturated carbocycles. The minimum absolute atomic E-state index is 0.0343. The molecule has 106 valence electrons. The fourth-order valence-electron chi connectivity index (χ4n) is 2.03. The van der Waals surface area contributed by atoms with Gasteiger partial charge in [0.1, 0.15) is 5.82 Å². The predicted molar refractivity (Wildman–Crippen MR) is 84.6 cm³/mol. The molecule has 0 bridgehead atoms. The van der Waals surface area contributed by atoms with E-state index in [-0.39, 0.29) is 11.9 Å². The summed E-state index contributed by atoms with van der Waals surface area (Å²) in [5.41, 5.74) is 8.71. The standard InChI is InChI=1S/C17H20FNS/c1-2-13-7-9-14(10-8-13)11-15(19)12-20-17-6-4-3-5-16(17)18/h3-10,15H,2,11-12,19H2,1H3. The van der Waals surface area contributed by atoms with Crippen LogP contribution in [0.25, 0.3) is 0 Å². The molecule has 2 rings (SSSR count). The Kier molecular flexibility index (Phi) is 5.62. The van der Waals surface area contributed by atoms with Crippen molar-refractivity contribution in [2.24, 2.45) is 5.73 Å². The van der Waals surface area contributed by atoms with Gasteiger partial charge in [0, 0.05) is 16.7 Å². The molecule has 0 radical (unpaired) electrons. The Morgan fingerprint density at radius 1 is 1.05 bits per heavy atom. The number of hydrogen-bond acceptors (Lipinski definition) is 2. The zero-order valence-corrected chi connectivity index (χ0v) is 12.5. The predicted octanol–water partition coefficient (Wildman–Crippen LogP) is 4.05. The van der Waals surface area contributed by atoms with Crippen molar-refractivity contribution >= 4 is 11.8 Å². The maximum Gasteiger partial charge on any atom is 0.136 e. The molecule has 2 N–H and O–H groups in total. The third kappa shape index (κ3) is 4.36. The molecule has 2 aromatic carbocycles. The van der Waals surface area contributed by atoms with Gasteiger partial charge in [-0.25, -0.2) is 4.39 Å². The van der Waals surface area contributed by atoms with Crippen LogP contribution in [0.3, 0.4) is 0 Å². The van der Waals surface area contributed by atoms with Gasteiger partial charge < -0.3 is 5.73 Å². The first-order valence-electron chi connectivity index (χ1n) is 6.89. The largest absolute Gasteiger partial charge is 0.327 e. The summed E-state index contributed by atoms with van der Waals surface area (Å²) in [6.07, 6.45) is 1.88. The normalized spacial score (nSPS) is 12.3. The van der Waals surface area contributed by atoms with Crippen molar-refractivity contribution in [2.45, 2.75) is 30.7 Å². The van der Waals surface area contributed by atoms with Crippen LogP contribution in [0.1, 0.15) is 18.1 Å². The summed E-state index contributed by atoms with van der Waals surface area (Å²) in [5, 5.41) is 0. The lowest BCUT2D eigenvalue weighted by molar-refractivity contribution is 0.601. The summed E-state index contributed by atoms with van der Waals surface area (Å²) < 4.78 is 13.5. The second-order valence-corrected chi connectivity index (χ2v) is 5.94. The van der Waals surface area contributed by atoms with Gasteiger partial charge in [0.05, 0.1) is 0 Å². The highest BCUT2D eigenvalue weighted by Gasteiger charge is 2.07. The van der Waals surface area contributed by atoms with E-state index in [1.165, 1.54) is 29.0 Å². The molecule has 20 heavy (non-hydrogen) atoms. The molecule has 0 heterocycles. The summed E-state index contributed by atoms with van der Waals surface area (Å²) in [5.74, 6) is 0.549. The summed E-state index contributed by atoms with van der Waals surface area (Å²) in [6.45, 7) is 2.14. The zero-order valence-electron chi connectivity index (χ0n) is 11.7. The van der Waals surface area contributed by atoms with E-state index in [4.69, 9.17) is 5.73 Å². The first-order valence-corrected chi connectivity index (χ1v) is 7.88. The van der Waals surface area contributed by atoms with Gasteiger partial charge in [-0.15, -0.1) is 11.8 Å². The van der Waals surface area contributed by atoms with E-state index in [1.54, 1.807) is 12.1 Å². The molecule has 0 spiro atoms. The van der Waals surface area contributed by atoms with Gasteiger partial charge in [-0.1, -0.05) is 43.3 Å². The Labute approximate surface area is 124 Å². The van der Waals surface area contributed by atoms with E-state index in [0.717, 1.165) is 18.6 Å². The van der Waals surface area contributed by atoms with Gasteiger partial charge in [-0.2, -0.15) is 0 Å². The molecule has 3 heteroatoms. The van der Waals surface area contributed by atoms with Gasteiger partial charge >= 0.3 is 0 Å². The molecular weight excluding hydrogens is 269 g/mol. The maximum atomic E-state index is 13.5. The fourth-order valence-corrected chi connectivity index (χ4v) is 2.92. The number of aryl methyl sites for hydroxylation is 1. The second-order valence-electron chi connectivity index (χ2n) is 4.88. The molecule has 1 unspecified atom stereocenters. The molecule has 0 amide bonds. The van der Waals surface area contributed by atoms with Crippen molar-refractivity contribution in [3.63, 3.8) is 0 Å². The average Bonchev–Trinajstić information content (AvgIpc) is 2.47. The smallest absolute Gasteiger partial charge is 0.136 e. The van der Waals surface area contributed by atoms with Crippen LogP contribution < -0.4 is 5.73 Å². The summed E-state index contributed by atoms with van der Waals surface area (Å²) in [6, 6.07) is 15.4. The first-order chi connectivity index (χ1) is 9.69. The van der Waals surface area contributed by atoms with Crippen molar-refractivity contribution in [1.82, 2.24) is 0 Å². The number of hydrogen-bond donors (Lipinski definition) is 1. The first kappa shape index (κ1) is 15.1. The monoisotopic (exact) mass is 289 g/mol. The third-order valence-electron chi connectivity index (χ3n) is 3.22. The van der Waals surface area contributed by atoms with E-state index in [9.17, 15) is 4.39 Å². The lowest BCUT2D eigenvalue weighted by atomic mass is 10.0. The molecule has 0 aliphatic carbocycles. The third-order valence-corrected chi connectivity index (χ3v) is 4.46. The fraction of sp³-hybridized carbons (Fsp3) is 0.294. The Hall–Kier alpha value is -1.32. The number of halogens is 1. The van der Waals surface area contributed by atoms with Crippen LogP contribution in [-0.4, -0.2) is 11.8 Å². The number of benzene rings is 2. The maximum absolute atomic E-state index is 13.5. The molecule has 0 aliphatic heterocycles. The molecule has 1 nitrogen and oxygen atoms in total. The van der Waals surface area contributed by atoms with Crippen LogP contribution in [0, 0.1) is 5.82 Å². The highest BCUT2D eigenvalue weighted by molar-refractivity contribution is 7.99. The van der Waals surface area contributed by atoms with Gasteiger partial charge in [-0.05, 0) is 36.1 Å². The molecule has 0 aliphatic rings. The van der Waals surface area contributed by atoms with E-state index in [1.807, 2.05) is 6.07 Å². The average molecular weight is 289 g/mol. The summed E-state index contributed by atoms with van der Waals surface area (Å²) >= 11 is 1.48. The molecule has 0 fully saturated rings. The van der Waals surface area contributed by atoms with E-state index >= 15 is 0 Å². The zero-order chi connectivity index (χ0) is 14.4. The number of thioether (sulfide) groups is 1. The Morgan fingerprint density at radius 2 is 1.70 bits per heavy atom. The SMILES string of the molecule is CCc1ccc(CC(N)CSc2ccccc2F)cc1. The van der Waals surface area contributed by atoms with Gasteiger partial charge in [0.15, 0.2) is 0 Å². The van der Waals surface area contributed by atoms with E-state index in [2.05, 4.69) is 31.2 Å². The molecule has 2 aromatic rings. The topological polar surface area (TPSA) is 26.0 Å². The lowest BCUT2D eigenvalue weighted by Gasteiger charge is -2.12. The van der Waals surface area contributed by atoms with Crippen molar-refractivity contribution in [3.8, 4) is 0 Å². The number of nitrogens with two attached hydrogens (primary N) is 1. The molecular formula is C17H20FNS. The van der Waals surface area contributed by atoms with E-state index < -0.39 is 0 Å². The van der Waals surface area contributed by atoms with Gasteiger partial charge in [0.2, 0.25) is 0 Å². The van der Waals surface area contributed by atoms with Crippen LogP contribution in [-0.2, 0) is 12.8 Å². The summed E-state index contributed by atoms with van der Waals surface area (Å²) in [4.78, 5) is 0.671. The molecule has 1 atom stereocenters. The van der Waals surface area contributed by atoms with Crippen molar-refractivity contribution < 1.29 is 4.39 Å². The van der Waals surface area contributed by atoms with Crippen molar-refractivity contribution in [3.05, 3.63) is 65.5 Å². The van der Waals surface area contributed by atoms with Crippen molar-refractivity contribution in [2.75, 3.05) is 5.75 Å².